The summed E-state index contributed by atoms with van der Waals surface area (Å²) in [6.45, 7) is 0.428. The van der Waals surface area contributed by atoms with Gasteiger partial charge in [0.1, 0.15) is 5.82 Å². The summed E-state index contributed by atoms with van der Waals surface area (Å²) in [5, 5.41) is 5.21. The highest BCUT2D eigenvalue weighted by Gasteiger charge is 2.23. The Kier molecular flexibility index (Phi) is 2.41. The Bertz CT molecular complexity index is 383. The molecule has 0 aromatic heterocycles. The predicted octanol–water partition coefficient (Wildman–Crippen LogP) is 1.94. The van der Waals surface area contributed by atoms with E-state index in [9.17, 15) is 9.18 Å². The van der Waals surface area contributed by atoms with E-state index < -0.39 is 0 Å². The van der Waals surface area contributed by atoms with E-state index in [0.717, 1.165) is 0 Å². The SMILES string of the molecule is O=C1NC[C@H](c2ccc(Br)cc2F)N1. The molecule has 0 radical (unpaired) electrons. The summed E-state index contributed by atoms with van der Waals surface area (Å²) in [5.41, 5.74) is 0.506. The van der Waals surface area contributed by atoms with E-state index in [-0.39, 0.29) is 17.9 Å². The van der Waals surface area contributed by atoms with Crippen molar-refractivity contribution in [2.75, 3.05) is 6.54 Å². The monoisotopic (exact) mass is 258 g/mol. The molecule has 1 aromatic rings. The molecular weight excluding hydrogens is 251 g/mol. The van der Waals surface area contributed by atoms with Gasteiger partial charge in [-0.15, -0.1) is 0 Å². The first kappa shape index (κ1) is 9.45. The second-order valence-electron chi connectivity index (χ2n) is 3.07. The fraction of sp³-hybridized carbons (Fsp3) is 0.222. The lowest BCUT2D eigenvalue weighted by molar-refractivity contribution is 0.247. The number of amides is 2. The molecule has 2 amide bonds. The molecule has 0 saturated carbocycles. The Hall–Kier alpha value is -1.10. The fourth-order valence-corrected chi connectivity index (χ4v) is 1.76. The van der Waals surface area contributed by atoms with Gasteiger partial charge in [-0.2, -0.15) is 0 Å². The molecule has 5 heteroatoms. The maximum Gasteiger partial charge on any atom is 0.315 e. The minimum atomic E-state index is -0.312. The van der Waals surface area contributed by atoms with Crippen molar-refractivity contribution in [3.05, 3.63) is 34.1 Å². The maximum absolute atomic E-state index is 13.4. The van der Waals surface area contributed by atoms with Crippen molar-refractivity contribution in [1.82, 2.24) is 10.6 Å². The van der Waals surface area contributed by atoms with Crippen LogP contribution in [0.2, 0.25) is 0 Å². The van der Waals surface area contributed by atoms with Crippen molar-refractivity contribution >= 4 is 22.0 Å². The normalized spacial score (nSPS) is 20.4. The van der Waals surface area contributed by atoms with Crippen LogP contribution in [0.25, 0.3) is 0 Å². The zero-order valence-corrected chi connectivity index (χ0v) is 8.77. The molecule has 0 spiro atoms. The van der Waals surface area contributed by atoms with Gasteiger partial charge < -0.3 is 10.6 Å². The smallest absolute Gasteiger partial charge is 0.315 e. The van der Waals surface area contributed by atoms with Crippen LogP contribution in [0.1, 0.15) is 11.6 Å². The van der Waals surface area contributed by atoms with Crippen molar-refractivity contribution < 1.29 is 9.18 Å². The standard InChI is InChI=1S/C9H8BrFN2O/c10-5-1-2-6(7(11)3-5)8-4-12-9(14)13-8/h1-3,8H,4H2,(H2,12,13,14)/t8-/m1/s1. The number of halogens is 2. The Morgan fingerprint density at radius 1 is 1.50 bits per heavy atom. The summed E-state index contributed by atoms with van der Waals surface area (Å²) in [5.74, 6) is -0.312. The van der Waals surface area contributed by atoms with Crippen LogP contribution in [0, 0.1) is 5.82 Å². The van der Waals surface area contributed by atoms with Crippen LogP contribution in [0.4, 0.5) is 9.18 Å². The third-order valence-corrected chi connectivity index (χ3v) is 2.60. The van der Waals surface area contributed by atoms with E-state index in [1.165, 1.54) is 6.07 Å². The summed E-state index contributed by atoms with van der Waals surface area (Å²) in [4.78, 5) is 10.9. The second-order valence-corrected chi connectivity index (χ2v) is 3.99. The lowest BCUT2D eigenvalue weighted by atomic mass is 10.1. The number of nitrogens with one attached hydrogen (secondary N) is 2. The predicted molar refractivity (Wildman–Crippen MR) is 53.4 cm³/mol. The fourth-order valence-electron chi connectivity index (χ4n) is 1.43. The zero-order valence-electron chi connectivity index (χ0n) is 7.18. The molecule has 0 unspecified atom stereocenters. The topological polar surface area (TPSA) is 41.1 Å². The van der Waals surface area contributed by atoms with Gasteiger partial charge in [-0.1, -0.05) is 22.0 Å². The molecular formula is C9H8BrFN2O. The van der Waals surface area contributed by atoms with Crippen LogP contribution in [0.5, 0.6) is 0 Å². The molecule has 1 heterocycles. The summed E-state index contributed by atoms with van der Waals surface area (Å²) in [6.07, 6.45) is 0. The first-order valence-electron chi connectivity index (χ1n) is 4.16. The van der Waals surface area contributed by atoms with Gasteiger partial charge in [0.2, 0.25) is 0 Å². The molecule has 1 saturated heterocycles. The second kappa shape index (κ2) is 3.57. The Labute approximate surface area is 88.8 Å². The highest BCUT2D eigenvalue weighted by atomic mass is 79.9. The van der Waals surface area contributed by atoms with Crippen molar-refractivity contribution in [1.29, 1.82) is 0 Å². The quantitative estimate of drug-likeness (QED) is 0.795. The minimum absolute atomic E-state index is 0.252. The average molecular weight is 259 g/mol. The maximum atomic E-state index is 13.4. The molecule has 2 N–H and O–H groups in total. The third kappa shape index (κ3) is 1.72. The number of urea groups is 1. The van der Waals surface area contributed by atoms with E-state index in [1.54, 1.807) is 12.1 Å². The van der Waals surface area contributed by atoms with Gasteiger partial charge in [-0.3, -0.25) is 0 Å². The first-order valence-corrected chi connectivity index (χ1v) is 4.95. The van der Waals surface area contributed by atoms with Gasteiger partial charge in [0.05, 0.1) is 6.04 Å². The van der Waals surface area contributed by atoms with Crippen LogP contribution in [-0.4, -0.2) is 12.6 Å². The van der Waals surface area contributed by atoms with Crippen molar-refractivity contribution in [3.63, 3.8) is 0 Å². The molecule has 1 fully saturated rings. The van der Waals surface area contributed by atoms with Gasteiger partial charge in [0, 0.05) is 16.6 Å². The molecule has 3 nitrogen and oxygen atoms in total. The molecule has 74 valence electrons. The number of carbonyl (C=O) groups excluding carboxylic acids is 1. The van der Waals surface area contributed by atoms with E-state index in [2.05, 4.69) is 26.6 Å². The lowest BCUT2D eigenvalue weighted by Crippen LogP contribution is -2.22. The molecule has 1 aliphatic heterocycles. The number of carbonyl (C=O) groups is 1. The Morgan fingerprint density at radius 2 is 2.29 bits per heavy atom. The van der Waals surface area contributed by atoms with E-state index >= 15 is 0 Å². The van der Waals surface area contributed by atoms with Crippen LogP contribution in [0.15, 0.2) is 22.7 Å². The summed E-state index contributed by atoms with van der Waals surface area (Å²) in [6, 6.07) is 4.29. The van der Waals surface area contributed by atoms with Crippen LogP contribution >= 0.6 is 15.9 Å². The molecule has 14 heavy (non-hydrogen) atoms. The Morgan fingerprint density at radius 3 is 2.86 bits per heavy atom. The van der Waals surface area contributed by atoms with E-state index in [0.29, 0.717) is 16.6 Å². The largest absolute Gasteiger partial charge is 0.336 e. The molecule has 1 aliphatic rings. The van der Waals surface area contributed by atoms with E-state index in [1.807, 2.05) is 0 Å². The van der Waals surface area contributed by atoms with Crippen molar-refractivity contribution in [3.8, 4) is 0 Å². The molecule has 1 atom stereocenters. The van der Waals surface area contributed by atoms with Crippen molar-refractivity contribution in [2.45, 2.75) is 6.04 Å². The van der Waals surface area contributed by atoms with Crippen molar-refractivity contribution in [2.24, 2.45) is 0 Å². The van der Waals surface area contributed by atoms with Gasteiger partial charge in [-0.05, 0) is 12.1 Å². The van der Waals surface area contributed by atoms with Crippen LogP contribution in [0.3, 0.4) is 0 Å². The Balaban J connectivity index is 2.28. The lowest BCUT2D eigenvalue weighted by Gasteiger charge is -2.09. The molecule has 2 rings (SSSR count). The van der Waals surface area contributed by atoms with Gasteiger partial charge in [0.25, 0.3) is 0 Å². The van der Waals surface area contributed by atoms with E-state index in [4.69, 9.17) is 0 Å². The zero-order chi connectivity index (χ0) is 10.1. The van der Waals surface area contributed by atoms with Gasteiger partial charge >= 0.3 is 6.03 Å². The summed E-state index contributed by atoms with van der Waals surface area (Å²) >= 11 is 3.17. The molecule has 0 aliphatic carbocycles. The minimum Gasteiger partial charge on any atom is -0.336 e. The summed E-state index contributed by atoms with van der Waals surface area (Å²) in [7, 11) is 0. The number of rotatable bonds is 1. The molecule has 1 aromatic carbocycles. The van der Waals surface area contributed by atoms with Gasteiger partial charge in [0.15, 0.2) is 0 Å². The number of hydrogen-bond acceptors (Lipinski definition) is 1. The summed E-state index contributed by atoms with van der Waals surface area (Å²) < 4.78 is 14.1. The number of benzene rings is 1. The molecule has 0 bridgehead atoms. The highest BCUT2D eigenvalue weighted by Crippen LogP contribution is 2.22. The van der Waals surface area contributed by atoms with Gasteiger partial charge in [-0.25, -0.2) is 9.18 Å². The highest BCUT2D eigenvalue weighted by molar-refractivity contribution is 9.10. The first-order chi connectivity index (χ1) is 6.66. The van der Waals surface area contributed by atoms with Crippen LogP contribution < -0.4 is 10.6 Å². The average Bonchev–Trinajstić information content (AvgIpc) is 2.51. The van der Waals surface area contributed by atoms with Crippen LogP contribution in [-0.2, 0) is 0 Å². The third-order valence-electron chi connectivity index (χ3n) is 2.11. The number of hydrogen-bond donors (Lipinski definition) is 2.